The van der Waals surface area contributed by atoms with Crippen LogP contribution in [-0.2, 0) is 15.6 Å². The van der Waals surface area contributed by atoms with Crippen LogP contribution in [0.1, 0.15) is 24.4 Å². The summed E-state index contributed by atoms with van der Waals surface area (Å²) in [5.41, 5.74) is 1.81. The average Bonchev–Trinajstić information content (AvgIpc) is 3.33. The summed E-state index contributed by atoms with van der Waals surface area (Å²) in [5, 5.41) is 8.04. The van der Waals surface area contributed by atoms with Gasteiger partial charge in [0.05, 0.1) is 11.8 Å². The molecule has 2 aromatic heterocycles. The topological polar surface area (TPSA) is 76.9 Å². The summed E-state index contributed by atoms with van der Waals surface area (Å²) in [6.45, 7) is 1.70. The lowest BCUT2D eigenvalue weighted by atomic mass is 10.0. The Morgan fingerprint density at radius 1 is 0.972 bits per heavy atom. The van der Waals surface area contributed by atoms with Gasteiger partial charge in [-0.3, -0.25) is 9.67 Å². The third-order valence-electron chi connectivity index (χ3n) is 6.31. The fraction of sp³-hybridized carbons (Fsp3) is 0.231. The Balaban J connectivity index is 1.58. The predicted molar refractivity (Wildman–Crippen MR) is 129 cm³/mol. The summed E-state index contributed by atoms with van der Waals surface area (Å²) in [6, 6.07) is 10.3. The van der Waals surface area contributed by atoms with Crippen LogP contribution >= 0.6 is 0 Å². The van der Waals surface area contributed by atoms with Gasteiger partial charge in [-0.2, -0.15) is 5.10 Å². The molecule has 0 aliphatic carbocycles. The Morgan fingerprint density at radius 2 is 1.72 bits per heavy atom. The molecule has 10 heteroatoms. The van der Waals surface area contributed by atoms with Crippen molar-refractivity contribution in [3.8, 4) is 22.4 Å². The SMILES string of the molecule is O=S(=O)(Cc1cccc(-c2nn(C3CCNCC3)cc2-c2ccncc2)c1F)c1cc(F)ccc1F. The molecule has 1 saturated heterocycles. The molecular formula is C26H23F3N4O2S. The minimum atomic E-state index is -4.36. The van der Waals surface area contributed by atoms with Crippen molar-refractivity contribution in [2.45, 2.75) is 29.5 Å². The first kappa shape index (κ1) is 24.2. The third kappa shape index (κ3) is 4.78. The molecule has 0 amide bonds. The van der Waals surface area contributed by atoms with Crippen molar-refractivity contribution in [2.75, 3.05) is 13.1 Å². The summed E-state index contributed by atoms with van der Waals surface area (Å²) < 4.78 is 71.2. The van der Waals surface area contributed by atoms with Crippen LogP contribution in [0, 0.1) is 17.5 Å². The molecule has 6 nitrogen and oxygen atoms in total. The first-order chi connectivity index (χ1) is 17.3. The van der Waals surface area contributed by atoms with Crippen LogP contribution < -0.4 is 5.32 Å². The number of halogens is 3. The van der Waals surface area contributed by atoms with Crippen molar-refractivity contribution in [3.63, 3.8) is 0 Å². The van der Waals surface area contributed by atoms with E-state index in [1.165, 1.54) is 18.2 Å². The molecule has 0 saturated carbocycles. The zero-order valence-corrected chi connectivity index (χ0v) is 20.0. The molecule has 1 fully saturated rings. The summed E-state index contributed by atoms with van der Waals surface area (Å²) in [7, 11) is -4.36. The highest BCUT2D eigenvalue weighted by Crippen LogP contribution is 2.36. The highest BCUT2D eigenvalue weighted by Gasteiger charge is 2.26. The molecule has 1 aliphatic rings. The van der Waals surface area contributed by atoms with Gasteiger partial charge < -0.3 is 5.32 Å². The molecule has 5 rings (SSSR count). The Kier molecular flexibility index (Phi) is 6.63. The smallest absolute Gasteiger partial charge is 0.185 e. The van der Waals surface area contributed by atoms with Gasteiger partial charge in [-0.25, -0.2) is 21.6 Å². The Hall–Kier alpha value is -3.50. The normalized spacial score (nSPS) is 14.8. The van der Waals surface area contributed by atoms with E-state index in [-0.39, 0.29) is 17.2 Å². The predicted octanol–water partition coefficient (Wildman–Crippen LogP) is 4.93. The number of sulfone groups is 1. The van der Waals surface area contributed by atoms with Crippen LogP contribution in [0.5, 0.6) is 0 Å². The lowest BCUT2D eigenvalue weighted by molar-refractivity contribution is 0.343. The standard InChI is InChI=1S/C26H23F3N4O2S/c27-19-4-5-23(28)24(14-19)36(34,35)16-18-2-1-3-21(25(18)29)26-22(17-6-10-30-11-7-17)15-33(32-26)20-8-12-31-13-9-20/h1-7,10-11,14-15,20,31H,8-9,12-13,16H2. The van der Waals surface area contributed by atoms with Gasteiger partial charge >= 0.3 is 0 Å². The molecular weight excluding hydrogens is 489 g/mol. The van der Waals surface area contributed by atoms with Crippen molar-refractivity contribution in [2.24, 2.45) is 0 Å². The molecule has 0 spiro atoms. The first-order valence-electron chi connectivity index (χ1n) is 11.5. The van der Waals surface area contributed by atoms with Gasteiger partial charge in [-0.15, -0.1) is 0 Å². The maximum atomic E-state index is 15.8. The number of pyridine rings is 1. The molecule has 0 bridgehead atoms. The monoisotopic (exact) mass is 512 g/mol. The molecule has 4 aromatic rings. The largest absolute Gasteiger partial charge is 0.317 e. The third-order valence-corrected chi connectivity index (χ3v) is 7.99. The van der Waals surface area contributed by atoms with Crippen molar-refractivity contribution in [1.82, 2.24) is 20.1 Å². The number of benzene rings is 2. The van der Waals surface area contributed by atoms with Crippen LogP contribution in [0.3, 0.4) is 0 Å². The number of hydrogen-bond donors (Lipinski definition) is 1. The summed E-state index contributed by atoms with van der Waals surface area (Å²) in [5.74, 6) is -3.58. The molecule has 186 valence electrons. The highest BCUT2D eigenvalue weighted by atomic mass is 32.2. The Morgan fingerprint density at radius 3 is 2.47 bits per heavy atom. The first-order valence-corrected chi connectivity index (χ1v) is 13.1. The van der Waals surface area contributed by atoms with Gasteiger partial charge in [0.1, 0.15) is 28.0 Å². The second-order valence-corrected chi connectivity index (χ2v) is 10.7. The number of nitrogens with zero attached hydrogens (tertiary/aromatic N) is 3. The van der Waals surface area contributed by atoms with E-state index in [0.29, 0.717) is 17.3 Å². The van der Waals surface area contributed by atoms with Gasteiger partial charge in [0.25, 0.3) is 0 Å². The summed E-state index contributed by atoms with van der Waals surface area (Å²) in [6.07, 6.45) is 6.89. The Bertz CT molecular complexity index is 1500. The average molecular weight is 513 g/mol. The van der Waals surface area contributed by atoms with E-state index < -0.39 is 37.9 Å². The molecule has 36 heavy (non-hydrogen) atoms. The van der Waals surface area contributed by atoms with Crippen LogP contribution in [0.4, 0.5) is 13.2 Å². The van der Waals surface area contributed by atoms with Gasteiger partial charge in [0.2, 0.25) is 0 Å². The zero-order valence-electron chi connectivity index (χ0n) is 19.2. The van der Waals surface area contributed by atoms with Crippen LogP contribution in [0.25, 0.3) is 22.4 Å². The maximum Gasteiger partial charge on any atom is 0.185 e. The summed E-state index contributed by atoms with van der Waals surface area (Å²) >= 11 is 0. The van der Waals surface area contributed by atoms with Crippen molar-refractivity contribution in [1.29, 1.82) is 0 Å². The molecule has 3 heterocycles. The summed E-state index contributed by atoms with van der Waals surface area (Å²) in [4.78, 5) is 3.24. The van der Waals surface area contributed by atoms with E-state index in [9.17, 15) is 17.2 Å². The van der Waals surface area contributed by atoms with Gasteiger partial charge in [-0.05, 0) is 67.9 Å². The van der Waals surface area contributed by atoms with Crippen molar-refractivity contribution in [3.05, 3.63) is 90.1 Å². The number of piperidine rings is 1. The second-order valence-electron chi connectivity index (χ2n) is 8.70. The zero-order chi connectivity index (χ0) is 25.3. The quantitative estimate of drug-likeness (QED) is 0.397. The van der Waals surface area contributed by atoms with Gasteiger partial charge in [-0.1, -0.05) is 12.1 Å². The fourth-order valence-corrected chi connectivity index (χ4v) is 5.91. The molecule has 1 aliphatic heterocycles. The van der Waals surface area contributed by atoms with Crippen LogP contribution in [-0.4, -0.2) is 36.3 Å². The number of nitrogens with one attached hydrogen (secondary N) is 1. The van der Waals surface area contributed by atoms with Gasteiger partial charge in [0.15, 0.2) is 9.84 Å². The van der Waals surface area contributed by atoms with E-state index >= 15 is 4.39 Å². The van der Waals surface area contributed by atoms with E-state index in [0.717, 1.165) is 43.6 Å². The van der Waals surface area contributed by atoms with Crippen molar-refractivity contribution < 1.29 is 21.6 Å². The molecule has 2 aromatic carbocycles. The second kappa shape index (κ2) is 9.87. The fourth-order valence-electron chi connectivity index (χ4n) is 4.46. The van der Waals surface area contributed by atoms with Crippen LogP contribution in [0.15, 0.2) is 72.0 Å². The van der Waals surface area contributed by atoms with Gasteiger partial charge in [0, 0.05) is 35.3 Å². The molecule has 0 atom stereocenters. The van der Waals surface area contributed by atoms with Crippen LogP contribution in [0.2, 0.25) is 0 Å². The van der Waals surface area contributed by atoms with E-state index in [1.54, 1.807) is 24.5 Å². The minimum Gasteiger partial charge on any atom is -0.317 e. The molecule has 0 radical (unpaired) electrons. The highest BCUT2D eigenvalue weighted by molar-refractivity contribution is 7.90. The number of hydrogen-bond acceptors (Lipinski definition) is 5. The molecule has 0 unspecified atom stereocenters. The minimum absolute atomic E-state index is 0.127. The Labute approximate surface area is 206 Å². The van der Waals surface area contributed by atoms with Crippen molar-refractivity contribution >= 4 is 9.84 Å². The number of rotatable bonds is 6. The lowest BCUT2D eigenvalue weighted by Gasteiger charge is -2.22. The lowest BCUT2D eigenvalue weighted by Crippen LogP contribution is -2.29. The maximum absolute atomic E-state index is 15.8. The molecule has 1 N–H and O–H groups in total. The van der Waals surface area contributed by atoms with E-state index in [2.05, 4.69) is 10.3 Å². The van der Waals surface area contributed by atoms with E-state index in [1.807, 2.05) is 10.9 Å². The van der Waals surface area contributed by atoms with E-state index in [4.69, 9.17) is 5.10 Å². The number of aromatic nitrogens is 3.